The molecule has 0 aliphatic heterocycles. The summed E-state index contributed by atoms with van der Waals surface area (Å²) in [6.45, 7) is 0.0393. The molecule has 0 saturated heterocycles. The number of aromatic amines is 1. The highest BCUT2D eigenvalue weighted by molar-refractivity contribution is 9.10. The molecule has 8 heteroatoms. The molecule has 26 heavy (non-hydrogen) atoms. The highest BCUT2D eigenvalue weighted by Gasteiger charge is 2.10. The lowest BCUT2D eigenvalue weighted by Gasteiger charge is -2.09. The number of H-pyrrole nitrogens is 1. The molecule has 0 amide bonds. The fourth-order valence-corrected chi connectivity index (χ4v) is 3.27. The number of para-hydroxylation sites is 1. The van der Waals surface area contributed by atoms with Crippen LogP contribution < -0.4 is 16.0 Å². The average Bonchev–Trinajstić information content (AvgIpc) is 2.60. The first-order valence-electron chi connectivity index (χ1n) is 7.35. The van der Waals surface area contributed by atoms with E-state index in [9.17, 15) is 9.59 Å². The summed E-state index contributed by atoms with van der Waals surface area (Å²) in [6, 6.07) is 9.91. The predicted molar refractivity (Wildman–Crippen MR) is 105 cm³/mol. The number of terminal acetylenes is 1. The standard InChI is InChI=1S/C18H11BrClN3O3/c1-2-7-26-16-11(8-12(20)9-14(16)19)10-21-23-17(24)13-5-3-4-6-15(13)22-18(23)25/h1,3-6,8-10H,7H2,(H,22,25). The van der Waals surface area contributed by atoms with Gasteiger partial charge in [0.15, 0.2) is 0 Å². The van der Waals surface area contributed by atoms with Crippen LogP contribution in [-0.4, -0.2) is 22.5 Å². The third-order valence-electron chi connectivity index (χ3n) is 3.43. The zero-order valence-corrected chi connectivity index (χ0v) is 15.5. The highest BCUT2D eigenvalue weighted by Crippen LogP contribution is 2.31. The Morgan fingerprint density at radius 3 is 2.88 bits per heavy atom. The predicted octanol–water partition coefficient (Wildman–Crippen LogP) is 3.00. The number of benzene rings is 2. The van der Waals surface area contributed by atoms with E-state index in [0.29, 0.717) is 31.7 Å². The molecule has 0 unspecified atom stereocenters. The minimum Gasteiger partial charge on any atom is -0.479 e. The minimum atomic E-state index is -0.655. The van der Waals surface area contributed by atoms with Gasteiger partial charge in [-0.3, -0.25) is 4.79 Å². The van der Waals surface area contributed by atoms with Crippen molar-refractivity contribution in [3.8, 4) is 18.1 Å². The smallest absolute Gasteiger partial charge is 0.349 e. The van der Waals surface area contributed by atoms with Crippen molar-refractivity contribution in [3.63, 3.8) is 0 Å². The second kappa shape index (κ2) is 7.60. The van der Waals surface area contributed by atoms with Gasteiger partial charge in [-0.15, -0.1) is 11.1 Å². The number of aromatic nitrogens is 2. The van der Waals surface area contributed by atoms with E-state index in [1.165, 1.54) is 6.21 Å². The number of fused-ring (bicyclic) bond motifs is 1. The van der Waals surface area contributed by atoms with E-state index >= 15 is 0 Å². The van der Waals surface area contributed by atoms with Gasteiger partial charge in [-0.2, -0.15) is 5.10 Å². The van der Waals surface area contributed by atoms with Crippen LogP contribution in [0.4, 0.5) is 0 Å². The molecule has 0 radical (unpaired) electrons. The van der Waals surface area contributed by atoms with Crippen LogP contribution in [0.15, 0.2) is 55.6 Å². The number of hydrogen-bond donors (Lipinski definition) is 1. The van der Waals surface area contributed by atoms with Crippen LogP contribution in [0.3, 0.4) is 0 Å². The fraction of sp³-hybridized carbons (Fsp3) is 0.0556. The lowest BCUT2D eigenvalue weighted by Crippen LogP contribution is -2.32. The Morgan fingerprint density at radius 1 is 1.35 bits per heavy atom. The van der Waals surface area contributed by atoms with Crippen molar-refractivity contribution >= 4 is 44.6 Å². The van der Waals surface area contributed by atoms with E-state index in [1.54, 1.807) is 36.4 Å². The van der Waals surface area contributed by atoms with Gasteiger partial charge in [0.1, 0.15) is 12.4 Å². The average molecular weight is 433 g/mol. The maximum atomic E-state index is 12.5. The van der Waals surface area contributed by atoms with E-state index in [1.807, 2.05) is 0 Å². The lowest BCUT2D eigenvalue weighted by atomic mass is 10.2. The molecule has 0 atom stereocenters. The zero-order chi connectivity index (χ0) is 18.7. The molecule has 1 N–H and O–H groups in total. The molecule has 3 aromatic rings. The molecule has 0 spiro atoms. The molecule has 0 aliphatic rings. The summed E-state index contributed by atoms with van der Waals surface area (Å²) >= 11 is 9.39. The Morgan fingerprint density at radius 2 is 2.12 bits per heavy atom. The second-order valence-electron chi connectivity index (χ2n) is 5.14. The summed E-state index contributed by atoms with van der Waals surface area (Å²) in [6.07, 6.45) is 6.54. The molecule has 0 aliphatic carbocycles. The topological polar surface area (TPSA) is 76.5 Å². The minimum absolute atomic E-state index is 0.0393. The van der Waals surface area contributed by atoms with Crippen molar-refractivity contribution in [1.82, 2.24) is 9.66 Å². The van der Waals surface area contributed by atoms with E-state index < -0.39 is 11.2 Å². The van der Waals surface area contributed by atoms with Crippen molar-refractivity contribution in [1.29, 1.82) is 0 Å². The van der Waals surface area contributed by atoms with E-state index in [4.69, 9.17) is 22.8 Å². The van der Waals surface area contributed by atoms with Crippen molar-refractivity contribution in [2.24, 2.45) is 5.10 Å². The molecule has 0 fully saturated rings. The van der Waals surface area contributed by atoms with Crippen LogP contribution in [0.1, 0.15) is 5.56 Å². The number of hydrogen-bond acceptors (Lipinski definition) is 4. The number of nitrogens with zero attached hydrogens (tertiary/aromatic N) is 2. The summed E-state index contributed by atoms with van der Waals surface area (Å²) < 4.78 is 6.79. The summed E-state index contributed by atoms with van der Waals surface area (Å²) in [4.78, 5) is 27.3. The summed E-state index contributed by atoms with van der Waals surface area (Å²) in [5.74, 6) is 2.77. The molecule has 2 aromatic carbocycles. The molecule has 1 heterocycles. The molecular weight excluding hydrogens is 422 g/mol. The molecule has 3 rings (SSSR count). The first kappa shape index (κ1) is 18.0. The van der Waals surface area contributed by atoms with Gasteiger partial charge in [-0.25, -0.2) is 4.79 Å². The quantitative estimate of drug-likeness (QED) is 0.509. The largest absolute Gasteiger partial charge is 0.479 e. The number of halogens is 2. The monoisotopic (exact) mass is 431 g/mol. The Labute approximate surface area is 161 Å². The Balaban J connectivity index is 2.12. The van der Waals surface area contributed by atoms with E-state index in [0.717, 1.165) is 4.68 Å². The number of ether oxygens (including phenoxy) is 1. The van der Waals surface area contributed by atoms with Crippen LogP contribution in [0, 0.1) is 12.3 Å². The van der Waals surface area contributed by atoms with Gasteiger partial charge >= 0.3 is 5.69 Å². The van der Waals surface area contributed by atoms with Crippen molar-refractivity contribution in [3.05, 3.63) is 72.3 Å². The van der Waals surface area contributed by atoms with Gasteiger partial charge in [0.2, 0.25) is 0 Å². The van der Waals surface area contributed by atoms with Crippen LogP contribution in [0.5, 0.6) is 5.75 Å². The normalized spacial score (nSPS) is 11.0. The van der Waals surface area contributed by atoms with E-state index in [2.05, 4.69) is 31.9 Å². The number of rotatable bonds is 4. The SMILES string of the molecule is C#CCOc1c(Br)cc(Cl)cc1C=Nn1c(=O)[nH]c2ccccc2c1=O. The molecule has 6 nitrogen and oxygen atoms in total. The van der Waals surface area contributed by atoms with Crippen LogP contribution in [0.2, 0.25) is 5.02 Å². The highest BCUT2D eigenvalue weighted by atomic mass is 79.9. The van der Waals surface area contributed by atoms with Gasteiger partial charge < -0.3 is 9.72 Å². The summed E-state index contributed by atoms with van der Waals surface area (Å²) in [5.41, 5.74) is -0.290. The summed E-state index contributed by atoms with van der Waals surface area (Å²) in [7, 11) is 0. The van der Waals surface area contributed by atoms with Crippen molar-refractivity contribution < 1.29 is 4.74 Å². The van der Waals surface area contributed by atoms with Gasteiger partial charge in [0.25, 0.3) is 5.56 Å². The Kier molecular flexibility index (Phi) is 5.26. The van der Waals surface area contributed by atoms with Crippen LogP contribution in [0.25, 0.3) is 10.9 Å². The van der Waals surface area contributed by atoms with Gasteiger partial charge in [-0.1, -0.05) is 29.7 Å². The van der Waals surface area contributed by atoms with E-state index in [-0.39, 0.29) is 6.61 Å². The van der Waals surface area contributed by atoms with Crippen molar-refractivity contribution in [2.75, 3.05) is 6.61 Å². The van der Waals surface area contributed by atoms with Gasteiger partial charge in [-0.05, 0) is 40.2 Å². The molecule has 1 aromatic heterocycles. The van der Waals surface area contributed by atoms with Crippen LogP contribution in [-0.2, 0) is 0 Å². The lowest BCUT2D eigenvalue weighted by molar-refractivity contribution is 0.367. The Bertz CT molecular complexity index is 1170. The van der Waals surface area contributed by atoms with Crippen molar-refractivity contribution in [2.45, 2.75) is 0 Å². The second-order valence-corrected chi connectivity index (χ2v) is 6.43. The third-order valence-corrected chi connectivity index (χ3v) is 4.24. The zero-order valence-electron chi connectivity index (χ0n) is 13.2. The molecule has 0 bridgehead atoms. The maximum absolute atomic E-state index is 12.5. The first-order chi connectivity index (χ1) is 12.5. The third kappa shape index (κ3) is 3.57. The fourth-order valence-electron chi connectivity index (χ4n) is 2.32. The number of nitrogens with one attached hydrogen (secondary N) is 1. The molecule has 130 valence electrons. The maximum Gasteiger partial charge on any atom is 0.349 e. The first-order valence-corrected chi connectivity index (χ1v) is 8.52. The molecular formula is C18H11BrClN3O3. The van der Waals surface area contributed by atoms with Crippen LogP contribution >= 0.6 is 27.5 Å². The van der Waals surface area contributed by atoms with Gasteiger partial charge in [0, 0.05) is 10.6 Å². The Hall–Kier alpha value is -2.82. The molecule has 0 saturated carbocycles. The summed E-state index contributed by atoms with van der Waals surface area (Å²) in [5, 5.41) is 4.77. The van der Waals surface area contributed by atoms with Gasteiger partial charge in [0.05, 0.1) is 21.6 Å².